The van der Waals surface area contributed by atoms with Gasteiger partial charge >= 0.3 is 0 Å². The second kappa shape index (κ2) is 5.59. The van der Waals surface area contributed by atoms with E-state index in [1.54, 1.807) is 0 Å². The summed E-state index contributed by atoms with van der Waals surface area (Å²) in [5, 5.41) is 0. The summed E-state index contributed by atoms with van der Waals surface area (Å²) >= 11 is 0. The van der Waals surface area contributed by atoms with Crippen LogP contribution >= 0.6 is 0 Å². The van der Waals surface area contributed by atoms with E-state index in [1.165, 1.54) is 26.3 Å². The minimum Gasteiger partial charge on any atom is -0.333 e. The molecule has 0 saturated heterocycles. The van der Waals surface area contributed by atoms with Crippen LogP contribution in [-0.4, -0.2) is 7.05 Å². The van der Waals surface area contributed by atoms with Gasteiger partial charge in [-0.25, -0.2) is 0 Å². The fourth-order valence-corrected chi connectivity index (χ4v) is 2.08. The zero-order chi connectivity index (χ0) is 8.85. The van der Waals surface area contributed by atoms with Crippen LogP contribution in [0.25, 0.3) is 0 Å². The van der Waals surface area contributed by atoms with Gasteiger partial charge in [0.15, 0.2) is 0 Å². The maximum absolute atomic E-state index is 4.50. The molecule has 0 heterocycles. The van der Waals surface area contributed by atoms with E-state index in [1.807, 2.05) is 0 Å². The van der Waals surface area contributed by atoms with E-state index in [0.717, 1.165) is 17.8 Å². The van der Waals surface area contributed by atoms with Crippen LogP contribution in [0.2, 0.25) is 0 Å². The van der Waals surface area contributed by atoms with Crippen LogP contribution in [0.1, 0.15) is 40.0 Å². The SMILES string of the molecule is CCC1CC(CC)C1C.CN. The maximum atomic E-state index is 4.50. The lowest BCUT2D eigenvalue weighted by atomic mass is 9.64. The first-order valence-electron chi connectivity index (χ1n) is 4.87. The highest BCUT2D eigenvalue weighted by Gasteiger charge is 2.34. The van der Waals surface area contributed by atoms with Crippen molar-refractivity contribution in [2.45, 2.75) is 40.0 Å². The Kier molecular flexibility index (Phi) is 5.57. The molecule has 1 fully saturated rings. The van der Waals surface area contributed by atoms with E-state index < -0.39 is 0 Å². The summed E-state index contributed by atoms with van der Waals surface area (Å²) in [4.78, 5) is 0. The van der Waals surface area contributed by atoms with Gasteiger partial charge in [-0.15, -0.1) is 0 Å². The highest BCUT2D eigenvalue weighted by molar-refractivity contribution is 4.84. The number of rotatable bonds is 2. The summed E-state index contributed by atoms with van der Waals surface area (Å²) in [6, 6.07) is 0. The molecular formula is C10H23N. The topological polar surface area (TPSA) is 26.0 Å². The van der Waals surface area contributed by atoms with E-state index >= 15 is 0 Å². The highest BCUT2D eigenvalue weighted by atomic mass is 14.4. The largest absolute Gasteiger partial charge is 0.333 e. The predicted octanol–water partition coefficient (Wildman–Crippen LogP) is 2.65. The van der Waals surface area contributed by atoms with Crippen molar-refractivity contribution in [3.63, 3.8) is 0 Å². The fraction of sp³-hybridized carbons (Fsp3) is 1.00. The second-order valence-electron chi connectivity index (χ2n) is 3.43. The molecule has 0 bridgehead atoms. The van der Waals surface area contributed by atoms with Crippen LogP contribution in [-0.2, 0) is 0 Å². The molecule has 1 aliphatic carbocycles. The zero-order valence-electron chi connectivity index (χ0n) is 8.43. The van der Waals surface area contributed by atoms with Gasteiger partial charge in [0.25, 0.3) is 0 Å². The van der Waals surface area contributed by atoms with Gasteiger partial charge in [-0.1, -0.05) is 33.6 Å². The lowest BCUT2D eigenvalue weighted by molar-refractivity contribution is 0.0811. The molecule has 2 N–H and O–H groups in total. The normalized spacial score (nSPS) is 35.2. The smallest absolute Gasteiger partial charge is 0.0195 e. The average molecular weight is 157 g/mol. The van der Waals surface area contributed by atoms with E-state index in [2.05, 4.69) is 26.5 Å². The molecule has 0 amide bonds. The summed E-state index contributed by atoms with van der Waals surface area (Å²) < 4.78 is 0. The lowest BCUT2D eigenvalue weighted by Gasteiger charge is -2.42. The first kappa shape index (κ1) is 11.0. The Labute approximate surface area is 71.4 Å². The summed E-state index contributed by atoms with van der Waals surface area (Å²) in [5.74, 6) is 3.16. The van der Waals surface area contributed by atoms with Gasteiger partial charge in [0.2, 0.25) is 0 Å². The Bertz CT molecular complexity index is 80.9. The quantitative estimate of drug-likeness (QED) is 0.655. The first-order valence-corrected chi connectivity index (χ1v) is 4.87. The van der Waals surface area contributed by atoms with E-state index in [9.17, 15) is 0 Å². The number of hydrogen-bond donors (Lipinski definition) is 1. The molecule has 68 valence electrons. The Morgan fingerprint density at radius 1 is 1.09 bits per heavy atom. The molecule has 0 aliphatic heterocycles. The Hall–Kier alpha value is -0.0400. The van der Waals surface area contributed by atoms with Gasteiger partial charge in [0.1, 0.15) is 0 Å². The van der Waals surface area contributed by atoms with Gasteiger partial charge < -0.3 is 5.73 Å². The molecule has 0 aromatic rings. The van der Waals surface area contributed by atoms with Crippen molar-refractivity contribution in [3.8, 4) is 0 Å². The van der Waals surface area contributed by atoms with Crippen LogP contribution < -0.4 is 5.73 Å². The molecule has 2 atom stereocenters. The third-order valence-electron chi connectivity index (χ3n) is 3.14. The average Bonchev–Trinajstić information content (AvgIpc) is 2.07. The van der Waals surface area contributed by atoms with Gasteiger partial charge in [-0.05, 0) is 31.2 Å². The summed E-state index contributed by atoms with van der Waals surface area (Å²) in [6.07, 6.45) is 4.31. The Morgan fingerprint density at radius 2 is 1.45 bits per heavy atom. The van der Waals surface area contributed by atoms with E-state index in [4.69, 9.17) is 0 Å². The molecule has 2 unspecified atom stereocenters. The van der Waals surface area contributed by atoms with Crippen LogP contribution in [0.15, 0.2) is 0 Å². The van der Waals surface area contributed by atoms with Gasteiger partial charge in [-0.2, -0.15) is 0 Å². The summed E-state index contributed by atoms with van der Waals surface area (Å²) in [6.45, 7) is 7.03. The molecule has 11 heavy (non-hydrogen) atoms. The summed E-state index contributed by atoms with van der Waals surface area (Å²) in [5.41, 5.74) is 4.50. The number of hydrogen-bond acceptors (Lipinski definition) is 1. The lowest BCUT2D eigenvalue weighted by Crippen LogP contribution is -2.33. The minimum absolute atomic E-state index is 1.03. The molecule has 1 heteroatoms. The van der Waals surface area contributed by atoms with E-state index in [-0.39, 0.29) is 0 Å². The van der Waals surface area contributed by atoms with Crippen LogP contribution in [0.4, 0.5) is 0 Å². The number of nitrogens with two attached hydrogens (primary N) is 1. The molecule has 0 radical (unpaired) electrons. The third kappa shape index (κ3) is 2.48. The molecular weight excluding hydrogens is 134 g/mol. The first-order chi connectivity index (χ1) is 5.29. The van der Waals surface area contributed by atoms with Crippen LogP contribution in [0, 0.1) is 17.8 Å². The molecule has 1 rings (SSSR count). The Balaban J connectivity index is 0.000000461. The minimum atomic E-state index is 1.03. The molecule has 0 aromatic carbocycles. The van der Waals surface area contributed by atoms with Crippen LogP contribution in [0.3, 0.4) is 0 Å². The van der Waals surface area contributed by atoms with E-state index in [0.29, 0.717) is 0 Å². The third-order valence-corrected chi connectivity index (χ3v) is 3.14. The van der Waals surface area contributed by atoms with Crippen LogP contribution in [0.5, 0.6) is 0 Å². The van der Waals surface area contributed by atoms with Crippen molar-refractivity contribution in [2.24, 2.45) is 23.5 Å². The van der Waals surface area contributed by atoms with Gasteiger partial charge in [0, 0.05) is 0 Å². The zero-order valence-corrected chi connectivity index (χ0v) is 8.43. The van der Waals surface area contributed by atoms with Crippen molar-refractivity contribution in [2.75, 3.05) is 7.05 Å². The van der Waals surface area contributed by atoms with Crippen molar-refractivity contribution in [3.05, 3.63) is 0 Å². The second-order valence-corrected chi connectivity index (χ2v) is 3.43. The molecule has 0 aromatic heterocycles. The standard InChI is InChI=1S/C9H18.CH5N/c1-4-8-6-9(5-2)7(8)3;1-2/h7-9H,4-6H2,1-3H3;2H2,1H3. The van der Waals surface area contributed by atoms with Crippen molar-refractivity contribution in [1.82, 2.24) is 0 Å². The molecule has 0 spiro atoms. The van der Waals surface area contributed by atoms with Gasteiger partial charge in [0.05, 0.1) is 0 Å². The maximum Gasteiger partial charge on any atom is -0.0195 e. The molecule has 1 nitrogen and oxygen atoms in total. The van der Waals surface area contributed by atoms with Crippen molar-refractivity contribution < 1.29 is 0 Å². The summed E-state index contributed by atoms with van der Waals surface area (Å²) in [7, 11) is 1.50. The highest BCUT2D eigenvalue weighted by Crippen LogP contribution is 2.43. The van der Waals surface area contributed by atoms with Crippen molar-refractivity contribution in [1.29, 1.82) is 0 Å². The molecule has 1 aliphatic rings. The molecule has 1 saturated carbocycles. The van der Waals surface area contributed by atoms with Gasteiger partial charge in [-0.3, -0.25) is 0 Å². The Morgan fingerprint density at radius 3 is 1.64 bits per heavy atom. The predicted molar refractivity (Wildman–Crippen MR) is 51.5 cm³/mol. The fourth-order valence-electron chi connectivity index (χ4n) is 2.08. The monoisotopic (exact) mass is 157 g/mol. The van der Waals surface area contributed by atoms with Crippen molar-refractivity contribution >= 4 is 0 Å².